The van der Waals surface area contributed by atoms with E-state index in [0.717, 1.165) is 29.7 Å². The first-order valence-electron chi connectivity index (χ1n) is 9.82. The van der Waals surface area contributed by atoms with Crippen LogP contribution in [-0.4, -0.2) is 66.5 Å². The van der Waals surface area contributed by atoms with Crippen LogP contribution in [-0.2, 0) is 9.59 Å². The molecule has 2 heterocycles. The lowest BCUT2D eigenvalue weighted by Crippen LogP contribution is -2.57. The summed E-state index contributed by atoms with van der Waals surface area (Å²) in [5.74, 6) is 1.15. The van der Waals surface area contributed by atoms with Crippen molar-refractivity contribution in [3.8, 4) is 5.75 Å². The summed E-state index contributed by atoms with van der Waals surface area (Å²) in [6.07, 6.45) is 2.65. The minimum Gasteiger partial charge on any atom is -0.486 e. The Morgan fingerprint density at radius 3 is 2.41 bits per heavy atom. The zero-order chi connectivity index (χ0) is 19.6. The van der Waals surface area contributed by atoms with E-state index in [1.54, 1.807) is 0 Å². The molecule has 0 radical (unpaired) electrons. The molecule has 27 heavy (non-hydrogen) atoms. The standard InChI is InChI=1S/C21H31N3O3/c1-14-6-5-7-15(2)21(14)27-19-12-24(13-19)20(26)10-17-8-9-18(23(17)4)11-22-16(3)25/h5-7,17-19H,8-13H2,1-4H3,(H,22,25)/t17-,18+/m0/s1. The molecule has 2 atom stereocenters. The number of hydrogen-bond donors (Lipinski definition) is 1. The molecule has 2 aliphatic heterocycles. The summed E-state index contributed by atoms with van der Waals surface area (Å²) in [6, 6.07) is 6.72. The second-order valence-electron chi connectivity index (χ2n) is 7.95. The van der Waals surface area contributed by atoms with Gasteiger partial charge in [-0.25, -0.2) is 0 Å². The molecule has 2 amide bonds. The molecule has 1 aromatic rings. The van der Waals surface area contributed by atoms with E-state index in [9.17, 15) is 9.59 Å². The van der Waals surface area contributed by atoms with Crippen LogP contribution in [0.25, 0.3) is 0 Å². The highest BCUT2D eigenvalue weighted by atomic mass is 16.5. The second kappa shape index (κ2) is 8.30. The molecular weight excluding hydrogens is 342 g/mol. The van der Waals surface area contributed by atoms with E-state index in [1.165, 1.54) is 6.92 Å². The monoisotopic (exact) mass is 373 g/mol. The van der Waals surface area contributed by atoms with Gasteiger partial charge in [0.25, 0.3) is 0 Å². The van der Waals surface area contributed by atoms with Crippen LogP contribution in [0.2, 0.25) is 0 Å². The van der Waals surface area contributed by atoms with Crippen molar-refractivity contribution in [3.63, 3.8) is 0 Å². The van der Waals surface area contributed by atoms with Gasteiger partial charge >= 0.3 is 0 Å². The van der Waals surface area contributed by atoms with E-state index in [1.807, 2.05) is 11.0 Å². The third-order valence-corrected chi connectivity index (χ3v) is 5.88. The van der Waals surface area contributed by atoms with Crippen molar-refractivity contribution in [2.75, 3.05) is 26.7 Å². The number of aryl methyl sites for hydroxylation is 2. The SMILES string of the molecule is CC(=O)NC[C@H]1CC[C@@H](CC(=O)N2CC(Oc3c(C)cccc3C)C2)N1C. The lowest BCUT2D eigenvalue weighted by molar-refractivity contribution is -0.141. The van der Waals surface area contributed by atoms with Crippen LogP contribution >= 0.6 is 0 Å². The Morgan fingerprint density at radius 2 is 1.78 bits per heavy atom. The van der Waals surface area contributed by atoms with Crippen molar-refractivity contribution >= 4 is 11.8 Å². The van der Waals surface area contributed by atoms with Crippen molar-refractivity contribution in [2.45, 2.75) is 58.2 Å². The molecule has 0 saturated carbocycles. The lowest BCUT2D eigenvalue weighted by atomic mass is 10.1. The van der Waals surface area contributed by atoms with Gasteiger partial charge in [0.05, 0.1) is 13.1 Å². The van der Waals surface area contributed by atoms with E-state index in [0.29, 0.717) is 32.1 Å². The Kier molecular flexibility index (Phi) is 6.05. The number of rotatable bonds is 6. The quantitative estimate of drug-likeness (QED) is 0.827. The number of nitrogens with one attached hydrogen (secondary N) is 1. The van der Waals surface area contributed by atoms with Crippen LogP contribution < -0.4 is 10.1 Å². The summed E-state index contributed by atoms with van der Waals surface area (Å²) in [4.78, 5) is 27.9. The molecule has 1 aromatic carbocycles. The van der Waals surface area contributed by atoms with Crippen molar-refractivity contribution in [1.82, 2.24) is 15.1 Å². The topological polar surface area (TPSA) is 61.9 Å². The first-order valence-corrected chi connectivity index (χ1v) is 9.82. The zero-order valence-electron chi connectivity index (χ0n) is 16.8. The van der Waals surface area contributed by atoms with Gasteiger partial charge < -0.3 is 15.0 Å². The molecule has 6 nitrogen and oxygen atoms in total. The van der Waals surface area contributed by atoms with Crippen molar-refractivity contribution in [2.24, 2.45) is 0 Å². The van der Waals surface area contributed by atoms with Crippen molar-refractivity contribution < 1.29 is 14.3 Å². The summed E-state index contributed by atoms with van der Waals surface area (Å²) in [6.45, 7) is 7.63. The number of nitrogens with zero attached hydrogens (tertiary/aromatic N) is 2. The molecule has 3 rings (SSSR count). The molecular formula is C21H31N3O3. The molecule has 0 aliphatic carbocycles. The van der Waals surface area contributed by atoms with Crippen LogP contribution in [0.3, 0.4) is 0 Å². The maximum atomic E-state index is 12.6. The van der Waals surface area contributed by atoms with Crippen molar-refractivity contribution in [1.29, 1.82) is 0 Å². The molecule has 0 unspecified atom stereocenters. The maximum Gasteiger partial charge on any atom is 0.224 e. The predicted molar refractivity (Wildman–Crippen MR) is 105 cm³/mol. The van der Waals surface area contributed by atoms with E-state index in [-0.39, 0.29) is 24.0 Å². The highest BCUT2D eigenvalue weighted by molar-refractivity contribution is 5.78. The summed E-state index contributed by atoms with van der Waals surface area (Å²) >= 11 is 0. The molecule has 0 spiro atoms. The maximum absolute atomic E-state index is 12.6. The number of likely N-dealkylation sites (N-methyl/N-ethyl adjacent to an activating group) is 1. The molecule has 2 aliphatic rings. The number of amides is 2. The van der Waals surface area contributed by atoms with Crippen molar-refractivity contribution in [3.05, 3.63) is 29.3 Å². The zero-order valence-corrected chi connectivity index (χ0v) is 16.8. The minimum absolute atomic E-state index is 0.00145. The Bertz CT molecular complexity index is 680. The molecule has 6 heteroatoms. The third kappa shape index (κ3) is 4.61. The van der Waals surface area contributed by atoms with Gasteiger partial charge in [0.15, 0.2) is 0 Å². The predicted octanol–water partition coefficient (Wildman–Crippen LogP) is 1.88. The van der Waals surface area contributed by atoms with Crippen LogP contribution in [0.4, 0.5) is 0 Å². The third-order valence-electron chi connectivity index (χ3n) is 5.88. The Morgan fingerprint density at radius 1 is 1.15 bits per heavy atom. The first-order chi connectivity index (χ1) is 12.8. The number of benzene rings is 1. The highest BCUT2D eigenvalue weighted by Crippen LogP contribution is 2.28. The summed E-state index contributed by atoms with van der Waals surface area (Å²) in [5.41, 5.74) is 2.27. The van der Waals surface area contributed by atoms with Gasteiger partial charge in [-0.3, -0.25) is 14.5 Å². The largest absolute Gasteiger partial charge is 0.486 e. The Hall–Kier alpha value is -2.08. The summed E-state index contributed by atoms with van der Waals surface area (Å²) < 4.78 is 6.11. The Balaban J connectivity index is 1.44. The minimum atomic E-state index is -0.00145. The summed E-state index contributed by atoms with van der Waals surface area (Å²) in [5, 5.41) is 2.88. The molecule has 2 fully saturated rings. The number of para-hydroxylation sites is 1. The van der Waals surface area contributed by atoms with Gasteiger partial charge in [-0.1, -0.05) is 18.2 Å². The van der Waals surface area contributed by atoms with Gasteiger partial charge in [0, 0.05) is 32.0 Å². The number of hydrogen-bond acceptors (Lipinski definition) is 4. The molecule has 148 valence electrons. The van der Waals surface area contributed by atoms with E-state index in [4.69, 9.17) is 4.74 Å². The smallest absolute Gasteiger partial charge is 0.224 e. The Labute approximate surface area is 161 Å². The number of carbonyl (C=O) groups excluding carboxylic acids is 2. The fraction of sp³-hybridized carbons (Fsp3) is 0.619. The van der Waals surface area contributed by atoms with Gasteiger partial charge in [-0.05, 0) is 44.9 Å². The van der Waals surface area contributed by atoms with Crippen LogP contribution in [0.1, 0.15) is 37.3 Å². The van der Waals surface area contributed by atoms with Crippen LogP contribution in [0.5, 0.6) is 5.75 Å². The molecule has 0 aromatic heterocycles. The van der Waals surface area contributed by atoms with Crippen LogP contribution in [0.15, 0.2) is 18.2 Å². The number of likely N-dealkylation sites (tertiary alicyclic amines) is 2. The lowest BCUT2D eigenvalue weighted by Gasteiger charge is -2.40. The fourth-order valence-electron chi connectivity index (χ4n) is 4.04. The summed E-state index contributed by atoms with van der Waals surface area (Å²) in [7, 11) is 2.06. The highest BCUT2D eigenvalue weighted by Gasteiger charge is 2.37. The van der Waals surface area contributed by atoms with E-state index < -0.39 is 0 Å². The first kappa shape index (κ1) is 19.7. The van der Waals surface area contributed by atoms with Gasteiger partial charge in [-0.2, -0.15) is 0 Å². The number of carbonyl (C=O) groups is 2. The van der Waals surface area contributed by atoms with Gasteiger partial charge in [0.2, 0.25) is 11.8 Å². The molecule has 0 bridgehead atoms. The van der Waals surface area contributed by atoms with E-state index in [2.05, 4.69) is 43.2 Å². The van der Waals surface area contributed by atoms with Gasteiger partial charge in [0.1, 0.15) is 11.9 Å². The number of ether oxygens (including phenoxy) is 1. The van der Waals surface area contributed by atoms with Crippen LogP contribution in [0, 0.1) is 13.8 Å². The molecule has 2 saturated heterocycles. The average molecular weight is 373 g/mol. The average Bonchev–Trinajstić information content (AvgIpc) is 2.91. The van der Waals surface area contributed by atoms with Gasteiger partial charge in [-0.15, -0.1) is 0 Å². The molecule has 1 N–H and O–H groups in total. The second-order valence-corrected chi connectivity index (χ2v) is 7.95. The fourth-order valence-corrected chi connectivity index (χ4v) is 4.04. The normalized spacial score (nSPS) is 23.2. The van der Waals surface area contributed by atoms with E-state index >= 15 is 0 Å².